The molecule has 0 unspecified atom stereocenters. The van der Waals surface area contributed by atoms with E-state index in [9.17, 15) is 14.4 Å². The lowest BCUT2D eigenvalue weighted by molar-refractivity contribution is -0.141. The second-order valence-electron chi connectivity index (χ2n) is 5.03. The van der Waals surface area contributed by atoms with Crippen molar-refractivity contribution < 1.29 is 14.7 Å². The topological polar surface area (TPSA) is 96.9 Å². The molecule has 1 aliphatic rings. The highest BCUT2D eigenvalue weighted by molar-refractivity contribution is 5.78. The average Bonchev–Trinajstić information content (AvgIpc) is 3.06. The number of carbonyl (C=O) groups excluding carboxylic acids is 1. The minimum absolute atomic E-state index is 0.174. The number of hydrogen-bond donors (Lipinski definition) is 1. The third-order valence-corrected chi connectivity index (χ3v) is 3.66. The summed E-state index contributed by atoms with van der Waals surface area (Å²) in [6, 6.07) is 5.14. The summed E-state index contributed by atoms with van der Waals surface area (Å²) in [5.41, 5.74) is 0.0908. The number of nitrogens with zero attached hydrogens (tertiary/aromatic N) is 4. The Hall–Kier alpha value is -2.64. The van der Waals surface area contributed by atoms with Gasteiger partial charge in [-0.25, -0.2) is 9.48 Å². The molecular weight excluding hydrogens is 276 g/mol. The van der Waals surface area contributed by atoms with E-state index in [1.54, 1.807) is 24.4 Å². The van der Waals surface area contributed by atoms with Gasteiger partial charge in [-0.2, -0.15) is 0 Å². The summed E-state index contributed by atoms with van der Waals surface area (Å²) < 4.78 is 2.46. The highest BCUT2D eigenvalue weighted by Crippen LogP contribution is 2.16. The molecule has 1 N–H and O–H groups in total. The fourth-order valence-electron chi connectivity index (χ4n) is 2.49. The van der Waals surface area contributed by atoms with Gasteiger partial charge in [0.25, 0.3) is 0 Å². The lowest BCUT2D eigenvalue weighted by Crippen LogP contribution is -2.36. The van der Waals surface area contributed by atoms with E-state index in [-0.39, 0.29) is 24.7 Å². The quantitative estimate of drug-likeness (QED) is 0.816. The largest absolute Gasteiger partial charge is 0.481 e. The Labute approximate surface area is 119 Å². The summed E-state index contributed by atoms with van der Waals surface area (Å²) >= 11 is 0. The van der Waals surface area contributed by atoms with E-state index in [4.69, 9.17) is 5.11 Å². The minimum atomic E-state index is -0.893. The molecule has 3 rings (SSSR count). The van der Waals surface area contributed by atoms with Crippen molar-refractivity contribution in [3.63, 3.8) is 0 Å². The third-order valence-electron chi connectivity index (χ3n) is 3.66. The first kappa shape index (κ1) is 13.3. The van der Waals surface area contributed by atoms with Gasteiger partial charge in [-0.05, 0) is 18.6 Å². The molecule has 1 aliphatic heterocycles. The highest BCUT2D eigenvalue weighted by Gasteiger charge is 2.31. The van der Waals surface area contributed by atoms with Gasteiger partial charge in [0.05, 0.1) is 5.92 Å². The minimum Gasteiger partial charge on any atom is -0.481 e. The van der Waals surface area contributed by atoms with E-state index in [1.807, 2.05) is 0 Å². The molecule has 0 saturated carbocycles. The average molecular weight is 290 g/mol. The van der Waals surface area contributed by atoms with E-state index in [0.29, 0.717) is 18.6 Å². The fraction of sp³-hybridized carbons (Fsp3) is 0.385. The number of carbonyl (C=O) groups is 2. The number of carboxylic acid groups (broad SMARTS) is 1. The number of fused-ring (bicyclic) bond motifs is 1. The van der Waals surface area contributed by atoms with Crippen LogP contribution in [0.25, 0.3) is 5.65 Å². The number of hydrogen-bond acceptors (Lipinski definition) is 4. The van der Waals surface area contributed by atoms with Crippen LogP contribution < -0.4 is 5.69 Å². The summed E-state index contributed by atoms with van der Waals surface area (Å²) in [6.45, 7) is 0.418. The summed E-state index contributed by atoms with van der Waals surface area (Å²) in [5, 5.41) is 13.0. The van der Waals surface area contributed by atoms with Gasteiger partial charge in [-0.1, -0.05) is 6.07 Å². The molecule has 2 aromatic heterocycles. The summed E-state index contributed by atoms with van der Waals surface area (Å²) in [6.07, 6.45) is 2.03. The van der Waals surface area contributed by atoms with Crippen molar-refractivity contribution >= 4 is 17.5 Å². The van der Waals surface area contributed by atoms with Crippen molar-refractivity contribution in [1.82, 2.24) is 19.1 Å². The van der Waals surface area contributed by atoms with Crippen LogP contribution in [0.3, 0.4) is 0 Å². The van der Waals surface area contributed by atoms with Gasteiger partial charge in [-0.15, -0.1) is 5.10 Å². The van der Waals surface area contributed by atoms with E-state index in [1.165, 1.54) is 9.30 Å². The van der Waals surface area contributed by atoms with Crippen LogP contribution in [0.1, 0.15) is 6.42 Å². The summed E-state index contributed by atoms with van der Waals surface area (Å²) in [7, 11) is 0. The molecule has 1 atom stereocenters. The molecule has 1 amide bonds. The number of amides is 1. The molecule has 110 valence electrons. The Morgan fingerprint density at radius 3 is 2.86 bits per heavy atom. The lowest BCUT2D eigenvalue weighted by atomic mass is 10.1. The van der Waals surface area contributed by atoms with Crippen LogP contribution in [0.4, 0.5) is 0 Å². The van der Waals surface area contributed by atoms with Crippen molar-refractivity contribution in [3.8, 4) is 0 Å². The number of pyridine rings is 1. The molecule has 3 heterocycles. The molecule has 0 bridgehead atoms. The molecule has 1 saturated heterocycles. The molecule has 8 nitrogen and oxygen atoms in total. The number of aromatic nitrogens is 3. The van der Waals surface area contributed by atoms with E-state index < -0.39 is 11.9 Å². The first-order valence-electron chi connectivity index (χ1n) is 6.61. The van der Waals surface area contributed by atoms with Gasteiger partial charge in [0.2, 0.25) is 5.91 Å². The van der Waals surface area contributed by atoms with Gasteiger partial charge >= 0.3 is 11.7 Å². The molecule has 0 aliphatic carbocycles. The predicted molar refractivity (Wildman–Crippen MR) is 71.8 cm³/mol. The van der Waals surface area contributed by atoms with Crippen molar-refractivity contribution in [3.05, 3.63) is 34.9 Å². The smallest absolute Gasteiger partial charge is 0.350 e. The van der Waals surface area contributed by atoms with Crippen LogP contribution in [0, 0.1) is 5.92 Å². The maximum absolute atomic E-state index is 12.1. The van der Waals surface area contributed by atoms with Gasteiger partial charge in [0, 0.05) is 19.3 Å². The van der Waals surface area contributed by atoms with E-state index >= 15 is 0 Å². The molecule has 21 heavy (non-hydrogen) atoms. The Bertz CT molecular complexity index is 763. The molecule has 2 aromatic rings. The Morgan fingerprint density at radius 2 is 2.19 bits per heavy atom. The maximum atomic E-state index is 12.1. The zero-order valence-electron chi connectivity index (χ0n) is 11.2. The van der Waals surface area contributed by atoms with Crippen LogP contribution in [-0.2, 0) is 16.1 Å². The zero-order valence-corrected chi connectivity index (χ0v) is 11.2. The standard InChI is InChI=1S/C13H14N4O4/c18-11(15-6-4-9(7-15)12(19)20)8-17-13(21)16-5-2-1-3-10(16)14-17/h1-3,5,9H,4,6-8H2,(H,19,20)/t9-/m0/s1. The summed E-state index contributed by atoms with van der Waals surface area (Å²) in [5.74, 6) is -1.70. The van der Waals surface area contributed by atoms with Crippen molar-refractivity contribution in [1.29, 1.82) is 0 Å². The highest BCUT2D eigenvalue weighted by atomic mass is 16.4. The molecular formula is C13H14N4O4. The van der Waals surface area contributed by atoms with Gasteiger partial charge in [0.15, 0.2) is 5.65 Å². The lowest BCUT2D eigenvalue weighted by Gasteiger charge is -2.15. The van der Waals surface area contributed by atoms with Crippen LogP contribution in [0.15, 0.2) is 29.2 Å². The van der Waals surface area contributed by atoms with Crippen molar-refractivity contribution in [2.75, 3.05) is 13.1 Å². The fourth-order valence-corrected chi connectivity index (χ4v) is 2.49. The predicted octanol–water partition coefficient (Wildman–Crippen LogP) is -0.571. The van der Waals surface area contributed by atoms with Gasteiger partial charge in [0.1, 0.15) is 6.54 Å². The van der Waals surface area contributed by atoms with Crippen LogP contribution in [0.5, 0.6) is 0 Å². The first-order valence-corrected chi connectivity index (χ1v) is 6.61. The third kappa shape index (κ3) is 2.39. The number of rotatable bonds is 3. The second-order valence-corrected chi connectivity index (χ2v) is 5.03. The van der Waals surface area contributed by atoms with Gasteiger partial charge < -0.3 is 10.0 Å². The molecule has 8 heteroatoms. The van der Waals surface area contributed by atoms with E-state index in [0.717, 1.165) is 4.68 Å². The SMILES string of the molecule is O=C(O)[C@H]1CCN(C(=O)Cn2nc3ccccn3c2=O)C1. The zero-order chi connectivity index (χ0) is 15.0. The normalized spacial score (nSPS) is 18.3. The molecule has 0 spiro atoms. The maximum Gasteiger partial charge on any atom is 0.350 e. The molecule has 1 fully saturated rings. The molecule has 0 aromatic carbocycles. The van der Waals surface area contributed by atoms with Crippen LogP contribution >= 0.6 is 0 Å². The van der Waals surface area contributed by atoms with Crippen LogP contribution in [0.2, 0.25) is 0 Å². The number of likely N-dealkylation sites (tertiary alicyclic amines) is 1. The second kappa shape index (κ2) is 5.04. The monoisotopic (exact) mass is 290 g/mol. The Kier molecular flexibility index (Phi) is 3.20. The number of aliphatic carboxylic acids is 1. The Balaban J connectivity index is 1.77. The summed E-state index contributed by atoms with van der Waals surface area (Å²) in [4.78, 5) is 36.5. The Morgan fingerprint density at radius 1 is 1.38 bits per heavy atom. The van der Waals surface area contributed by atoms with Crippen LogP contribution in [-0.4, -0.2) is 49.2 Å². The number of carboxylic acids is 1. The van der Waals surface area contributed by atoms with Crippen molar-refractivity contribution in [2.24, 2.45) is 5.92 Å². The van der Waals surface area contributed by atoms with Crippen molar-refractivity contribution in [2.45, 2.75) is 13.0 Å². The van der Waals surface area contributed by atoms with Gasteiger partial charge in [-0.3, -0.25) is 14.0 Å². The molecule has 0 radical (unpaired) electrons. The van der Waals surface area contributed by atoms with E-state index in [2.05, 4.69) is 5.10 Å². The first-order chi connectivity index (χ1) is 10.1.